The summed E-state index contributed by atoms with van der Waals surface area (Å²) in [4.78, 5) is 0. The number of hydrazone groups is 1. The Hall–Kier alpha value is -1.03. The predicted molar refractivity (Wildman–Crippen MR) is 77.4 cm³/mol. The second kappa shape index (κ2) is 8.30. The third kappa shape index (κ3) is 5.16. The van der Waals surface area contributed by atoms with E-state index in [9.17, 15) is 15.3 Å². The zero-order valence-corrected chi connectivity index (χ0v) is 12.1. The van der Waals surface area contributed by atoms with Crippen molar-refractivity contribution in [3.63, 3.8) is 0 Å². The van der Waals surface area contributed by atoms with Crippen LogP contribution in [0.5, 0.6) is 0 Å². The zero-order chi connectivity index (χ0) is 15.1. The van der Waals surface area contributed by atoms with Crippen LogP contribution in [0.3, 0.4) is 0 Å². The molecule has 1 aromatic carbocycles. The molecular formula is C12H17BrN2O5. The van der Waals surface area contributed by atoms with E-state index < -0.39 is 31.0 Å². The summed E-state index contributed by atoms with van der Waals surface area (Å²) in [5.74, 6) is 0. The maximum absolute atomic E-state index is 9.56. The molecule has 6 N–H and O–H groups in total. The van der Waals surface area contributed by atoms with E-state index in [2.05, 4.69) is 26.5 Å². The fraction of sp³-hybridized carbons (Fsp3) is 0.417. The van der Waals surface area contributed by atoms with Gasteiger partial charge in [-0.05, 0) is 24.3 Å². The molecule has 1 aromatic rings. The van der Waals surface area contributed by atoms with Gasteiger partial charge in [0.2, 0.25) is 0 Å². The zero-order valence-electron chi connectivity index (χ0n) is 10.5. The van der Waals surface area contributed by atoms with E-state index in [0.29, 0.717) is 5.69 Å². The molecule has 0 saturated heterocycles. The van der Waals surface area contributed by atoms with Gasteiger partial charge >= 0.3 is 0 Å². The van der Waals surface area contributed by atoms with Gasteiger partial charge in [-0.25, -0.2) is 0 Å². The van der Waals surface area contributed by atoms with Crippen LogP contribution in [-0.2, 0) is 0 Å². The molecule has 0 aliphatic rings. The third-order valence-electron chi connectivity index (χ3n) is 2.55. The average Bonchev–Trinajstić information content (AvgIpc) is 2.46. The van der Waals surface area contributed by atoms with E-state index in [1.54, 1.807) is 24.3 Å². The first-order valence-corrected chi connectivity index (χ1v) is 6.63. The lowest BCUT2D eigenvalue weighted by molar-refractivity contribution is -0.0999. The predicted octanol–water partition coefficient (Wildman–Crippen LogP) is -0.717. The summed E-state index contributed by atoms with van der Waals surface area (Å²) in [5, 5.41) is 50.0. The maximum atomic E-state index is 9.56. The highest BCUT2D eigenvalue weighted by Gasteiger charge is 2.29. The van der Waals surface area contributed by atoms with Crippen LogP contribution in [0.2, 0.25) is 0 Å². The van der Waals surface area contributed by atoms with Gasteiger partial charge in [0.25, 0.3) is 0 Å². The fourth-order valence-electron chi connectivity index (χ4n) is 1.34. The van der Waals surface area contributed by atoms with E-state index in [-0.39, 0.29) is 0 Å². The molecule has 7 nitrogen and oxygen atoms in total. The van der Waals surface area contributed by atoms with Crippen molar-refractivity contribution in [2.75, 3.05) is 12.0 Å². The Labute approximate surface area is 124 Å². The molecule has 4 unspecified atom stereocenters. The first-order chi connectivity index (χ1) is 9.45. The summed E-state index contributed by atoms with van der Waals surface area (Å²) in [5.41, 5.74) is 3.29. The number of aliphatic hydroxyl groups excluding tert-OH is 5. The van der Waals surface area contributed by atoms with Gasteiger partial charge in [-0.15, -0.1) is 0 Å². The molecule has 0 aliphatic carbocycles. The summed E-state index contributed by atoms with van der Waals surface area (Å²) in [6.45, 7) is -0.723. The lowest BCUT2D eigenvalue weighted by Crippen LogP contribution is -2.46. The molecule has 0 amide bonds. The average molecular weight is 349 g/mol. The summed E-state index contributed by atoms with van der Waals surface area (Å²) >= 11 is 3.28. The number of aliphatic hydroxyl groups is 5. The number of nitrogens with zero attached hydrogens (tertiary/aromatic N) is 1. The normalized spacial score (nSPS) is 17.7. The van der Waals surface area contributed by atoms with Crippen molar-refractivity contribution in [2.45, 2.75) is 24.4 Å². The molecule has 0 radical (unpaired) electrons. The second-order valence-corrected chi connectivity index (χ2v) is 5.03. The van der Waals surface area contributed by atoms with Gasteiger partial charge in [-0.1, -0.05) is 15.9 Å². The monoisotopic (exact) mass is 348 g/mol. The standard InChI is InChI=1S/C12H17BrN2O5/c13-7-1-3-8(4-2-7)15-14-5-9(17)11(19)12(20)10(18)6-16/h1-5,9-12,15-20H,6H2. The Balaban J connectivity index is 2.50. The number of hydrogen-bond donors (Lipinski definition) is 6. The van der Waals surface area contributed by atoms with Crippen LogP contribution < -0.4 is 5.43 Å². The van der Waals surface area contributed by atoms with Crippen molar-refractivity contribution >= 4 is 27.8 Å². The molecule has 112 valence electrons. The fourth-order valence-corrected chi connectivity index (χ4v) is 1.60. The molecule has 4 atom stereocenters. The Morgan fingerprint density at radius 3 is 2.25 bits per heavy atom. The Bertz CT molecular complexity index is 428. The van der Waals surface area contributed by atoms with Crippen LogP contribution in [-0.4, -0.2) is 62.8 Å². The van der Waals surface area contributed by atoms with Crippen molar-refractivity contribution in [2.24, 2.45) is 5.10 Å². The van der Waals surface area contributed by atoms with Crippen LogP contribution >= 0.6 is 15.9 Å². The molecule has 0 bridgehead atoms. The summed E-state index contributed by atoms with van der Waals surface area (Å²) in [6, 6.07) is 7.08. The van der Waals surface area contributed by atoms with Gasteiger partial charge in [-0.2, -0.15) is 5.10 Å². The smallest absolute Gasteiger partial charge is 0.119 e. The van der Waals surface area contributed by atoms with Crippen molar-refractivity contribution < 1.29 is 25.5 Å². The SMILES string of the molecule is OCC(O)C(O)C(O)C(O)C=NNc1ccc(Br)cc1. The number of anilines is 1. The van der Waals surface area contributed by atoms with Crippen molar-refractivity contribution in [1.82, 2.24) is 0 Å². The van der Waals surface area contributed by atoms with Gasteiger partial charge in [0.1, 0.15) is 24.4 Å². The maximum Gasteiger partial charge on any atom is 0.119 e. The first kappa shape index (κ1) is 17.0. The number of benzene rings is 1. The van der Waals surface area contributed by atoms with Crippen LogP contribution in [0.25, 0.3) is 0 Å². The molecule has 0 spiro atoms. The quantitative estimate of drug-likeness (QED) is 0.285. The van der Waals surface area contributed by atoms with Gasteiger partial charge in [-0.3, -0.25) is 5.43 Å². The number of hydrogen-bond acceptors (Lipinski definition) is 7. The van der Waals surface area contributed by atoms with E-state index >= 15 is 0 Å². The van der Waals surface area contributed by atoms with E-state index in [1.807, 2.05) is 0 Å². The van der Waals surface area contributed by atoms with Crippen LogP contribution in [0, 0.1) is 0 Å². The Morgan fingerprint density at radius 1 is 1.10 bits per heavy atom. The molecule has 0 saturated carbocycles. The minimum absolute atomic E-state index is 0.669. The molecule has 8 heteroatoms. The Kier molecular flexibility index (Phi) is 7.06. The van der Waals surface area contributed by atoms with Gasteiger partial charge in [0.15, 0.2) is 0 Å². The van der Waals surface area contributed by atoms with Crippen molar-refractivity contribution in [1.29, 1.82) is 0 Å². The highest BCUT2D eigenvalue weighted by atomic mass is 79.9. The van der Waals surface area contributed by atoms with E-state index in [4.69, 9.17) is 10.2 Å². The van der Waals surface area contributed by atoms with Crippen molar-refractivity contribution in [3.8, 4) is 0 Å². The van der Waals surface area contributed by atoms with Crippen molar-refractivity contribution in [3.05, 3.63) is 28.7 Å². The number of halogens is 1. The summed E-state index contributed by atoms with van der Waals surface area (Å²) in [7, 11) is 0. The third-order valence-corrected chi connectivity index (χ3v) is 3.07. The van der Waals surface area contributed by atoms with Crippen LogP contribution in [0.1, 0.15) is 0 Å². The number of nitrogens with one attached hydrogen (secondary N) is 1. The molecule has 20 heavy (non-hydrogen) atoms. The lowest BCUT2D eigenvalue weighted by atomic mass is 10.0. The Morgan fingerprint density at radius 2 is 1.70 bits per heavy atom. The minimum atomic E-state index is -1.67. The van der Waals surface area contributed by atoms with Crippen LogP contribution in [0.4, 0.5) is 5.69 Å². The molecule has 0 aromatic heterocycles. The van der Waals surface area contributed by atoms with Gasteiger partial charge in [0.05, 0.1) is 18.5 Å². The number of rotatable bonds is 7. The lowest BCUT2D eigenvalue weighted by Gasteiger charge is -2.23. The topological polar surface area (TPSA) is 126 Å². The largest absolute Gasteiger partial charge is 0.394 e. The second-order valence-electron chi connectivity index (χ2n) is 4.12. The highest BCUT2D eigenvalue weighted by Crippen LogP contribution is 2.13. The molecule has 0 fully saturated rings. The summed E-state index contributed by atoms with van der Waals surface area (Å²) in [6.07, 6.45) is -5.37. The first-order valence-electron chi connectivity index (χ1n) is 5.83. The molecule has 1 rings (SSSR count). The van der Waals surface area contributed by atoms with E-state index in [0.717, 1.165) is 10.7 Å². The molecular weight excluding hydrogens is 332 g/mol. The molecule has 0 heterocycles. The minimum Gasteiger partial charge on any atom is -0.394 e. The van der Waals surface area contributed by atoms with Gasteiger partial charge < -0.3 is 25.5 Å². The van der Waals surface area contributed by atoms with Gasteiger partial charge in [0, 0.05) is 4.47 Å². The summed E-state index contributed by atoms with van der Waals surface area (Å²) < 4.78 is 0.906. The molecule has 0 aliphatic heterocycles. The highest BCUT2D eigenvalue weighted by molar-refractivity contribution is 9.10. The van der Waals surface area contributed by atoms with E-state index in [1.165, 1.54) is 0 Å². The van der Waals surface area contributed by atoms with Crippen LogP contribution in [0.15, 0.2) is 33.8 Å².